The summed E-state index contributed by atoms with van der Waals surface area (Å²) in [4.78, 5) is 13.7. The summed E-state index contributed by atoms with van der Waals surface area (Å²) in [6.07, 6.45) is 3.51. The zero-order valence-corrected chi connectivity index (χ0v) is 12.1. The molecule has 0 aliphatic rings. The maximum atomic E-state index is 11.4. The van der Waals surface area contributed by atoms with E-state index in [4.69, 9.17) is 0 Å². The van der Waals surface area contributed by atoms with Crippen molar-refractivity contribution in [2.75, 3.05) is 23.3 Å². The van der Waals surface area contributed by atoms with Crippen molar-refractivity contribution < 1.29 is 4.79 Å². The van der Waals surface area contributed by atoms with Gasteiger partial charge in [-0.2, -0.15) is 0 Å². The molecule has 0 unspecified atom stereocenters. The normalized spacial score (nSPS) is 10.3. The predicted octanol–water partition coefficient (Wildman–Crippen LogP) is 2.84. The molecular formula is C14H24N4O. The Bertz CT molecular complexity index is 372. The zero-order valence-electron chi connectivity index (χ0n) is 12.1. The van der Waals surface area contributed by atoms with Crippen LogP contribution in [0.25, 0.3) is 0 Å². The van der Waals surface area contributed by atoms with Crippen LogP contribution in [0.5, 0.6) is 0 Å². The third-order valence-electron chi connectivity index (χ3n) is 2.71. The van der Waals surface area contributed by atoms with Gasteiger partial charge in [-0.1, -0.05) is 20.8 Å². The molecule has 5 nitrogen and oxygen atoms in total. The average Bonchev–Trinajstić information content (AvgIpc) is 2.40. The van der Waals surface area contributed by atoms with Gasteiger partial charge in [0.05, 0.1) is 0 Å². The standard InChI is InChI=1S/C14H24N4O/c1-4-7-14(19)15-12-8-9-13(17-16-12)18(10-5-2)11-6-3/h8-9H,4-7,10-11H2,1-3H3,(H,15,16,19). The molecule has 1 heterocycles. The van der Waals surface area contributed by atoms with Crippen molar-refractivity contribution in [1.82, 2.24) is 10.2 Å². The topological polar surface area (TPSA) is 58.1 Å². The molecule has 0 saturated carbocycles. The lowest BCUT2D eigenvalue weighted by molar-refractivity contribution is -0.116. The lowest BCUT2D eigenvalue weighted by atomic mass is 10.3. The van der Waals surface area contributed by atoms with Crippen molar-refractivity contribution in [3.05, 3.63) is 12.1 Å². The van der Waals surface area contributed by atoms with Gasteiger partial charge in [0.25, 0.3) is 0 Å². The van der Waals surface area contributed by atoms with Crippen LogP contribution in [0.4, 0.5) is 11.6 Å². The Kier molecular flexibility index (Phi) is 6.85. The Balaban J connectivity index is 2.65. The van der Waals surface area contributed by atoms with Crippen LogP contribution in [0.1, 0.15) is 46.5 Å². The second-order valence-electron chi connectivity index (χ2n) is 4.56. The van der Waals surface area contributed by atoms with Gasteiger partial charge in [-0.25, -0.2) is 0 Å². The minimum Gasteiger partial charge on any atom is -0.355 e. The molecule has 5 heteroatoms. The van der Waals surface area contributed by atoms with Crippen LogP contribution < -0.4 is 10.2 Å². The van der Waals surface area contributed by atoms with Gasteiger partial charge in [-0.15, -0.1) is 10.2 Å². The van der Waals surface area contributed by atoms with E-state index in [0.29, 0.717) is 12.2 Å². The minimum atomic E-state index is -0.0106. The molecule has 1 rings (SSSR count). The molecule has 1 amide bonds. The Hall–Kier alpha value is -1.65. The molecule has 0 atom stereocenters. The first-order valence-electron chi connectivity index (χ1n) is 7.09. The van der Waals surface area contributed by atoms with Crippen LogP contribution in [-0.2, 0) is 4.79 Å². The van der Waals surface area contributed by atoms with E-state index in [2.05, 4.69) is 34.3 Å². The molecule has 0 bridgehead atoms. The van der Waals surface area contributed by atoms with Crippen LogP contribution in [-0.4, -0.2) is 29.2 Å². The van der Waals surface area contributed by atoms with E-state index in [-0.39, 0.29) is 5.91 Å². The van der Waals surface area contributed by atoms with Crippen LogP contribution in [0, 0.1) is 0 Å². The monoisotopic (exact) mass is 264 g/mol. The summed E-state index contributed by atoms with van der Waals surface area (Å²) < 4.78 is 0. The first kappa shape index (κ1) is 15.4. The summed E-state index contributed by atoms with van der Waals surface area (Å²) in [5, 5.41) is 11.0. The molecule has 0 aliphatic heterocycles. The number of hydrogen-bond donors (Lipinski definition) is 1. The molecule has 0 radical (unpaired) electrons. The number of rotatable bonds is 8. The molecule has 1 aromatic rings. The lowest BCUT2D eigenvalue weighted by Crippen LogP contribution is -2.26. The molecule has 1 aromatic heterocycles. The summed E-state index contributed by atoms with van der Waals surface area (Å²) in [6, 6.07) is 3.73. The van der Waals surface area contributed by atoms with E-state index in [0.717, 1.165) is 38.2 Å². The SMILES string of the molecule is CCCC(=O)Nc1ccc(N(CCC)CCC)nn1. The molecule has 0 aromatic carbocycles. The Morgan fingerprint density at radius 1 is 1.11 bits per heavy atom. The van der Waals surface area contributed by atoms with Gasteiger partial charge in [0, 0.05) is 19.5 Å². The van der Waals surface area contributed by atoms with Crippen molar-refractivity contribution in [3.8, 4) is 0 Å². The van der Waals surface area contributed by atoms with E-state index >= 15 is 0 Å². The molecule has 0 spiro atoms. The number of amides is 1. The zero-order chi connectivity index (χ0) is 14.1. The van der Waals surface area contributed by atoms with Crippen LogP contribution in [0.3, 0.4) is 0 Å². The molecule has 106 valence electrons. The highest BCUT2D eigenvalue weighted by atomic mass is 16.1. The first-order valence-corrected chi connectivity index (χ1v) is 7.09. The second-order valence-corrected chi connectivity index (χ2v) is 4.56. The number of carbonyl (C=O) groups excluding carboxylic acids is 1. The summed E-state index contributed by atoms with van der Waals surface area (Å²) >= 11 is 0. The molecule has 19 heavy (non-hydrogen) atoms. The molecule has 0 fully saturated rings. The average molecular weight is 264 g/mol. The van der Waals surface area contributed by atoms with Gasteiger partial charge in [0.15, 0.2) is 11.6 Å². The quantitative estimate of drug-likeness (QED) is 0.784. The first-order chi connectivity index (χ1) is 9.21. The summed E-state index contributed by atoms with van der Waals surface area (Å²) in [7, 11) is 0. The number of anilines is 2. The number of aromatic nitrogens is 2. The van der Waals surface area contributed by atoms with E-state index in [1.807, 2.05) is 19.1 Å². The summed E-state index contributed by atoms with van der Waals surface area (Å²) in [5.41, 5.74) is 0. The number of nitrogens with one attached hydrogen (secondary N) is 1. The molecule has 0 aliphatic carbocycles. The van der Waals surface area contributed by atoms with E-state index in [1.165, 1.54) is 0 Å². The van der Waals surface area contributed by atoms with Crippen molar-refractivity contribution in [1.29, 1.82) is 0 Å². The maximum absolute atomic E-state index is 11.4. The molecule has 1 N–H and O–H groups in total. The fraction of sp³-hybridized carbons (Fsp3) is 0.643. The van der Waals surface area contributed by atoms with Gasteiger partial charge < -0.3 is 10.2 Å². The third kappa shape index (κ3) is 5.24. The van der Waals surface area contributed by atoms with Crippen molar-refractivity contribution >= 4 is 17.5 Å². The highest BCUT2D eigenvalue weighted by Gasteiger charge is 2.07. The van der Waals surface area contributed by atoms with Gasteiger partial charge in [-0.3, -0.25) is 4.79 Å². The highest BCUT2D eigenvalue weighted by Crippen LogP contribution is 2.13. The fourth-order valence-electron chi connectivity index (χ4n) is 1.87. The number of nitrogens with zero attached hydrogens (tertiary/aromatic N) is 3. The highest BCUT2D eigenvalue weighted by molar-refractivity contribution is 5.89. The van der Waals surface area contributed by atoms with Gasteiger partial charge in [0.1, 0.15) is 0 Å². The van der Waals surface area contributed by atoms with E-state index in [1.54, 1.807) is 0 Å². The van der Waals surface area contributed by atoms with E-state index in [9.17, 15) is 4.79 Å². The fourth-order valence-corrected chi connectivity index (χ4v) is 1.87. The number of hydrogen-bond acceptors (Lipinski definition) is 4. The Labute approximate surface area is 115 Å². The second kappa shape index (κ2) is 8.45. The van der Waals surface area contributed by atoms with Crippen molar-refractivity contribution in [2.24, 2.45) is 0 Å². The van der Waals surface area contributed by atoms with E-state index < -0.39 is 0 Å². The van der Waals surface area contributed by atoms with Gasteiger partial charge in [-0.05, 0) is 31.4 Å². The van der Waals surface area contributed by atoms with Gasteiger partial charge >= 0.3 is 0 Å². The van der Waals surface area contributed by atoms with Crippen LogP contribution in [0.15, 0.2) is 12.1 Å². The van der Waals surface area contributed by atoms with Crippen molar-refractivity contribution in [3.63, 3.8) is 0 Å². The molecule has 0 saturated heterocycles. The minimum absolute atomic E-state index is 0.0106. The summed E-state index contributed by atoms with van der Waals surface area (Å²) in [6.45, 7) is 8.22. The smallest absolute Gasteiger partial charge is 0.225 e. The third-order valence-corrected chi connectivity index (χ3v) is 2.71. The summed E-state index contributed by atoms with van der Waals surface area (Å²) in [5.74, 6) is 1.39. The Morgan fingerprint density at radius 2 is 1.79 bits per heavy atom. The van der Waals surface area contributed by atoms with Crippen molar-refractivity contribution in [2.45, 2.75) is 46.5 Å². The number of carbonyl (C=O) groups is 1. The largest absolute Gasteiger partial charge is 0.355 e. The Morgan fingerprint density at radius 3 is 2.26 bits per heavy atom. The van der Waals surface area contributed by atoms with Crippen LogP contribution in [0.2, 0.25) is 0 Å². The lowest BCUT2D eigenvalue weighted by Gasteiger charge is -2.21. The van der Waals surface area contributed by atoms with Gasteiger partial charge in [0.2, 0.25) is 5.91 Å². The maximum Gasteiger partial charge on any atom is 0.225 e. The molecular weight excluding hydrogens is 240 g/mol. The predicted molar refractivity (Wildman–Crippen MR) is 78.4 cm³/mol. The van der Waals surface area contributed by atoms with Crippen LogP contribution >= 0.6 is 0 Å².